The van der Waals surface area contributed by atoms with Crippen LogP contribution in [0.5, 0.6) is 5.75 Å². The number of rotatable bonds is 6. The fourth-order valence-corrected chi connectivity index (χ4v) is 2.15. The van der Waals surface area contributed by atoms with Gasteiger partial charge in [-0.15, -0.1) is 0 Å². The highest BCUT2D eigenvalue weighted by Crippen LogP contribution is 2.17. The largest absolute Gasteiger partial charge is 0.489 e. The van der Waals surface area contributed by atoms with Gasteiger partial charge in [0, 0.05) is 11.1 Å². The lowest BCUT2D eigenvalue weighted by atomic mass is 10.1. The van der Waals surface area contributed by atoms with E-state index in [2.05, 4.69) is 12.1 Å². The van der Waals surface area contributed by atoms with Crippen LogP contribution < -0.4 is 10.5 Å². The third-order valence-corrected chi connectivity index (χ3v) is 3.34. The number of halogens is 1. The van der Waals surface area contributed by atoms with Crippen molar-refractivity contribution in [3.8, 4) is 5.75 Å². The summed E-state index contributed by atoms with van der Waals surface area (Å²) in [6.07, 6.45) is 2.01. The van der Waals surface area contributed by atoms with Crippen molar-refractivity contribution in [2.45, 2.75) is 32.4 Å². The summed E-state index contributed by atoms with van der Waals surface area (Å²) >= 11 is 5.94. The van der Waals surface area contributed by atoms with E-state index < -0.39 is 0 Å². The molecule has 0 saturated heterocycles. The van der Waals surface area contributed by atoms with Crippen molar-refractivity contribution in [3.63, 3.8) is 0 Å². The second-order valence-electron chi connectivity index (χ2n) is 5.08. The molecule has 1 atom stereocenters. The molecular formula is C17H20ClNO. The Hall–Kier alpha value is -1.51. The Morgan fingerprint density at radius 2 is 1.85 bits per heavy atom. The Labute approximate surface area is 125 Å². The molecular weight excluding hydrogens is 270 g/mol. The van der Waals surface area contributed by atoms with E-state index in [1.165, 1.54) is 5.56 Å². The second-order valence-corrected chi connectivity index (χ2v) is 5.51. The third-order valence-electron chi connectivity index (χ3n) is 3.11. The van der Waals surface area contributed by atoms with E-state index in [0.717, 1.165) is 29.2 Å². The highest BCUT2D eigenvalue weighted by molar-refractivity contribution is 6.30. The molecule has 0 bridgehead atoms. The van der Waals surface area contributed by atoms with E-state index in [-0.39, 0.29) is 6.04 Å². The van der Waals surface area contributed by atoms with E-state index >= 15 is 0 Å². The monoisotopic (exact) mass is 289 g/mol. The molecule has 0 aromatic heterocycles. The van der Waals surface area contributed by atoms with Gasteiger partial charge >= 0.3 is 0 Å². The van der Waals surface area contributed by atoms with Crippen LogP contribution in [0, 0.1) is 0 Å². The molecule has 106 valence electrons. The summed E-state index contributed by atoms with van der Waals surface area (Å²) in [6, 6.07) is 16.1. The zero-order valence-electron chi connectivity index (χ0n) is 11.7. The van der Waals surface area contributed by atoms with Gasteiger partial charge in [0.1, 0.15) is 12.4 Å². The van der Waals surface area contributed by atoms with E-state index in [0.29, 0.717) is 6.61 Å². The van der Waals surface area contributed by atoms with Crippen molar-refractivity contribution in [1.29, 1.82) is 0 Å². The molecule has 2 N–H and O–H groups in total. The zero-order chi connectivity index (χ0) is 14.4. The first-order chi connectivity index (χ1) is 9.63. The average Bonchev–Trinajstić information content (AvgIpc) is 2.44. The number of hydrogen-bond acceptors (Lipinski definition) is 2. The molecule has 0 amide bonds. The minimum Gasteiger partial charge on any atom is -0.489 e. The molecule has 2 aromatic carbocycles. The molecule has 0 heterocycles. The van der Waals surface area contributed by atoms with Gasteiger partial charge in [-0.25, -0.2) is 0 Å². The summed E-state index contributed by atoms with van der Waals surface area (Å²) in [5.74, 6) is 0.870. The van der Waals surface area contributed by atoms with E-state index in [1.807, 2.05) is 43.3 Å². The topological polar surface area (TPSA) is 35.2 Å². The predicted octanol–water partition coefficient (Wildman–Crippen LogP) is 4.20. The first kappa shape index (κ1) is 14.9. The molecule has 2 aromatic rings. The van der Waals surface area contributed by atoms with Crippen LogP contribution in [0.4, 0.5) is 0 Å². The van der Waals surface area contributed by atoms with Gasteiger partial charge in [0.2, 0.25) is 0 Å². The van der Waals surface area contributed by atoms with Crippen LogP contribution in [0.25, 0.3) is 0 Å². The lowest BCUT2D eigenvalue weighted by molar-refractivity contribution is 0.306. The van der Waals surface area contributed by atoms with Crippen molar-refractivity contribution >= 4 is 11.6 Å². The average molecular weight is 290 g/mol. The smallest absolute Gasteiger partial charge is 0.119 e. The van der Waals surface area contributed by atoms with Crippen LogP contribution >= 0.6 is 11.6 Å². The summed E-state index contributed by atoms with van der Waals surface area (Å²) < 4.78 is 5.74. The molecule has 0 aliphatic carbocycles. The molecule has 1 unspecified atom stereocenters. The standard InChI is InChI=1S/C17H20ClNO/c1-13(19)5-6-14-7-9-17(10-8-14)20-12-15-3-2-4-16(18)11-15/h2-4,7-11,13H,5-6,12,19H2,1H3. The van der Waals surface area contributed by atoms with Crippen molar-refractivity contribution in [1.82, 2.24) is 0 Å². The molecule has 2 rings (SSSR count). The zero-order valence-corrected chi connectivity index (χ0v) is 12.4. The van der Waals surface area contributed by atoms with Crippen LogP contribution in [0.1, 0.15) is 24.5 Å². The van der Waals surface area contributed by atoms with Gasteiger partial charge in [-0.05, 0) is 55.2 Å². The van der Waals surface area contributed by atoms with Gasteiger partial charge in [-0.3, -0.25) is 0 Å². The maximum atomic E-state index is 5.94. The first-order valence-electron chi connectivity index (χ1n) is 6.85. The second kappa shape index (κ2) is 7.32. The lowest BCUT2D eigenvalue weighted by Gasteiger charge is -2.08. The minimum absolute atomic E-state index is 0.244. The molecule has 0 aliphatic rings. The summed E-state index contributed by atoms with van der Waals surface area (Å²) in [4.78, 5) is 0. The molecule has 0 saturated carbocycles. The van der Waals surface area contributed by atoms with E-state index in [1.54, 1.807) is 0 Å². The molecule has 3 heteroatoms. The van der Waals surface area contributed by atoms with Gasteiger partial charge in [0.25, 0.3) is 0 Å². The quantitative estimate of drug-likeness (QED) is 0.865. The van der Waals surface area contributed by atoms with Crippen molar-refractivity contribution < 1.29 is 4.74 Å². The summed E-state index contributed by atoms with van der Waals surface area (Å²) in [6.45, 7) is 2.56. The van der Waals surface area contributed by atoms with Gasteiger partial charge in [0.15, 0.2) is 0 Å². The van der Waals surface area contributed by atoms with Crippen LogP contribution in [-0.2, 0) is 13.0 Å². The van der Waals surface area contributed by atoms with Crippen molar-refractivity contribution in [2.75, 3.05) is 0 Å². The molecule has 2 nitrogen and oxygen atoms in total. The highest BCUT2D eigenvalue weighted by atomic mass is 35.5. The predicted molar refractivity (Wildman–Crippen MR) is 84.2 cm³/mol. The maximum absolute atomic E-state index is 5.94. The molecule has 0 fully saturated rings. The summed E-state index contributed by atoms with van der Waals surface area (Å²) in [5, 5.41) is 0.734. The van der Waals surface area contributed by atoms with Gasteiger partial charge < -0.3 is 10.5 Å². The van der Waals surface area contributed by atoms with Crippen LogP contribution in [0.15, 0.2) is 48.5 Å². The van der Waals surface area contributed by atoms with Crippen molar-refractivity contribution in [3.05, 3.63) is 64.7 Å². The SMILES string of the molecule is CC(N)CCc1ccc(OCc2cccc(Cl)c2)cc1. The normalized spacial score (nSPS) is 12.2. The number of ether oxygens (including phenoxy) is 1. The fraction of sp³-hybridized carbons (Fsp3) is 0.294. The number of hydrogen-bond donors (Lipinski definition) is 1. The lowest BCUT2D eigenvalue weighted by Crippen LogP contribution is -2.15. The molecule has 0 spiro atoms. The Kier molecular flexibility index (Phi) is 5.45. The summed E-state index contributed by atoms with van der Waals surface area (Å²) in [7, 11) is 0. The summed E-state index contributed by atoms with van der Waals surface area (Å²) in [5.41, 5.74) is 8.12. The van der Waals surface area contributed by atoms with Crippen molar-refractivity contribution in [2.24, 2.45) is 5.73 Å². The van der Waals surface area contributed by atoms with E-state index in [9.17, 15) is 0 Å². The highest BCUT2D eigenvalue weighted by Gasteiger charge is 2.00. The fourth-order valence-electron chi connectivity index (χ4n) is 1.94. The van der Waals surface area contributed by atoms with Gasteiger partial charge in [-0.1, -0.05) is 35.9 Å². The Balaban J connectivity index is 1.87. The number of aryl methyl sites for hydroxylation is 1. The third kappa shape index (κ3) is 4.87. The first-order valence-corrected chi connectivity index (χ1v) is 7.23. The Morgan fingerprint density at radius 1 is 1.10 bits per heavy atom. The number of nitrogens with two attached hydrogens (primary N) is 1. The molecule has 0 aliphatic heterocycles. The molecule has 0 radical (unpaired) electrons. The Bertz CT molecular complexity index is 537. The van der Waals surface area contributed by atoms with Crippen LogP contribution in [-0.4, -0.2) is 6.04 Å². The maximum Gasteiger partial charge on any atom is 0.119 e. The van der Waals surface area contributed by atoms with Crippen LogP contribution in [0.3, 0.4) is 0 Å². The molecule has 20 heavy (non-hydrogen) atoms. The van der Waals surface area contributed by atoms with Gasteiger partial charge in [0.05, 0.1) is 0 Å². The number of benzene rings is 2. The van der Waals surface area contributed by atoms with Gasteiger partial charge in [-0.2, -0.15) is 0 Å². The Morgan fingerprint density at radius 3 is 2.50 bits per heavy atom. The van der Waals surface area contributed by atoms with Crippen LogP contribution in [0.2, 0.25) is 5.02 Å². The van der Waals surface area contributed by atoms with E-state index in [4.69, 9.17) is 22.1 Å². The minimum atomic E-state index is 0.244.